The molecule has 0 aliphatic carbocycles. The number of aromatic nitrogens is 5. The maximum absolute atomic E-state index is 12.0. The average molecular weight is 578 g/mol. The smallest absolute Gasteiger partial charge is 0.320 e. The third-order valence-electron chi connectivity index (χ3n) is 8.26. The van der Waals surface area contributed by atoms with E-state index in [0.29, 0.717) is 72.0 Å². The summed E-state index contributed by atoms with van der Waals surface area (Å²) in [6.45, 7) is 9.70. The largest absolute Gasteiger partial charge is 0.480 e. The van der Waals surface area contributed by atoms with Crippen molar-refractivity contribution < 1.29 is 19.8 Å². The van der Waals surface area contributed by atoms with E-state index >= 15 is 0 Å². The van der Waals surface area contributed by atoms with E-state index in [9.17, 15) is 19.8 Å². The van der Waals surface area contributed by atoms with Crippen LogP contribution < -0.4 is 0 Å². The molecule has 224 valence electrons. The highest BCUT2D eigenvalue weighted by molar-refractivity contribution is 5.73. The number of nitrogens with zero attached hydrogens (tertiary/aromatic N) is 9. The molecule has 6 heterocycles. The van der Waals surface area contributed by atoms with E-state index in [1.807, 2.05) is 50.9 Å². The molecule has 1 saturated heterocycles. The number of rotatable bonds is 4. The summed E-state index contributed by atoms with van der Waals surface area (Å²) in [6, 6.07) is 10.5. The number of pyridine rings is 2. The summed E-state index contributed by atoms with van der Waals surface area (Å²) in [5.41, 5.74) is 4.12. The number of hydrogen-bond acceptors (Lipinski definition) is 10. The summed E-state index contributed by atoms with van der Waals surface area (Å²) >= 11 is 0. The Morgan fingerprint density at radius 3 is 1.69 bits per heavy atom. The second kappa shape index (κ2) is 13.5. The number of carboxylic acid groups (broad SMARTS) is 2. The first kappa shape index (κ1) is 29.7. The Balaban J connectivity index is 1.57. The molecule has 0 unspecified atom stereocenters. The van der Waals surface area contributed by atoms with Gasteiger partial charge in [0.15, 0.2) is 0 Å². The molecule has 3 aliphatic rings. The minimum Gasteiger partial charge on any atom is -0.480 e. The lowest BCUT2D eigenvalue weighted by atomic mass is 10.2. The topological polar surface area (TPSA) is 144 Å². The summed E-state index contributed by atoms with van der Waals surface area (Å²) < 4.78 is 1.82. The minimum atomic E-state index is -0.849. The third kappa shape index (κ3) is 7.34. The number of carbonyl (C=O) groups is 2. The molecule has 13 nitrogen and oxygen atoms in total. The van der Waals surface area contributed by atoms with E-state index in [4.69, 9.17) is 9.97 Å². The summed E-state index contributed by atoms with van der Waals surface area (Å²) in [5, 5.41) is 28.2. The second-order valence-corrected chi connectivity index (χ2v) is 11.1. The van der Waals surface area contributed by atoms with Crippen LogP contribution in [0, 0.1) is 0 Å². The van der Waals surface area contributed by atoms with Crippen molar-refractivity contribution in [2.45, 2.75) is 45.6 Å². The van der Waals surface area contributed by atoms with Gasteiger partial charge in [-0.15, -0.1) is 5.10 Å². The van der Waals surface area contributed by atoms with E-state index in [2.05, 4.69) is 20.1 Å². The molecule has 2 N–H and O–H groups in total. The standard InChI is InChI=1S/C29H39N9O4/c1-21(28(39)40)36-13-9-34-10-14-37(22(2)29(41)42)16-12-35(11-15-36)19-24-7-4-8-26(32-24)27-17-30-33-38(27)20-25-6-3-5-23(18-34)31-25/h3-8,17,21-22H,9-16,18-20H2,1-2H3,(H,39,40)(H,41,42)/t21-,22-/m1/s1. The lowest BCUT2D eigenvalue weighted by molar-refractivity contribution is -0.143. The van der Waals surface area contributed by atoms with Crippen LogP contribution in [-0.4, -0.2) is 131 Å². The van der Waals surface area contributed by atoms with Crippen molar-refractivity contribution in [1.29, 1.82) is 0 Å². The predicted molar refractivity (Wildman–Crippen MR) is 154 cm³/mol. The molecular weight excluding hydrogens is 538 g/mol. The van der Waals surface area contributed by atoms with Crippen LogP contribution in [0.2, 0.25) is 0 Å². The van der Waals surface area contributed by atoms with Crippen LogP contribution in [0.1, 0.15) is 30.9 Å². The zero-order chi connectivity index (χ0) is 29.6. The quantitative estimate of drug-likeness (QED) is 0.456. The zero-order valence-electron chi connectivity index (χ0n) is 24.2. The first-order valence-electron chi connectivity index (χ1n) is 14.4. The Labute approximate surface area is 245 Å². The van der Waals surface area contributed by atoms with Crippen LogP contribution in [0.3, 0.4) is 0 Å². The van der Waals surface area contributed by atoms with Crippen molar-refractivity contribution in [3.63, 3.8) is 0 Å². The maximum Gasteiger partial charge on any atom is 0.320 e. The van der Waals surface area contributed by atoms with Gasteiger partial charge in [0.2, 0.25) is 0 Å². The summed E-state index contributed by atoms with van der Waals surface area (Å²) in [4.78, 5) is 42.4. The van der Waals surface area contributed by atoms with Gasteiger partial charge in [-0.3, -0.25) is 34.2 Å². The number of carboxylic acids is 2. The van der Waals surface area contributed by atoms with Gasteiger partial charge in [0.05, 0.1) is 35.5 Å². The fraction of sp³-hybridized carbons (Fsp3) is 0.517. The minimum absolute atomic E-state index is 0.439. The van der Waals surface area contributed by atoms with E-state index in [0.717, 1.165) is 28.5 Å². The molecule has 1 fully saturated rings. The van der Waals surface area contributed by atoms with Crippen molar-refractivity contribution in [3.8, 4) is 11.4 Å². The molecule has 3 aromatic rings. The molecular formula is C29H39N9O4. The van der Waals surface area contributed by atoms with Crippen molar-refractivity contribution in [3.05, 3.63) is 59.7 Å². The highest BCUT2D eigenvalue weighted by Gasteiger charge is 2.26. The Hall–Kier alpha value is -3.78. The van der Waals surface area contributed by atoms with Gasteiger partial charge in [0.1, 0.15) is 17.8 Å². The molecule has 0 radical (unpaired) electrons. The Bertz CT molecular complexity index is 1350. The molecule has 13 heteroatoms. The third-order valence-corrected chi connectivity index (χ3v) is 8.26. The number of aliphatic carboxylic acids is 2. The molecule has 0 spiro atoms. The maximum atomic E-state index is 12.0. The monoisotopic (exact) mass is 577 g/mol. The zero-order valence-corrected chi connectivity index (χ0v) is 24.2. The first-order valence-corrected chi connectivity index (χ1v) is 14.4. The fourth-order valence-electron chi connectivity index (χ4n) is 5.53. The van der Waals surface area contributed by atoms with Crippen LogP contribution in [0.5, 0.6) is 0 Å². The Morgan fingerprint density at radius 1 is 0.690 bits per heavy atom. The summed E-state index contributed by atoms with van der Waals surface area (Å²) in [5.74, 6) is -1.70. The molecule has 3 aromatic heterocycles. The number of fused-ring (bicyclic) bond motifs is 8. The van der Waals surface area contributed by atoms with Crippen LogP contribution in [0.15, 0.2) is 42.6 Å². The fourth-order valence-corrected chi connectivity index (χ4v) is 5.53. The molecule has 0 aromatic carbocycles. The lowest BCUT2D eigenvalue weighted by Crippen LogP contribution is -2.51. The highest BCUT2D eigenvalue weighted by Crippen LogP contribution is 2.19. The average Bonchev–Trinajstić information content (AvgIpc) is 3.43. The molecule has 0 saturated carbocycles. The molecule has 3 aliphatic heterocycles. The van der Waals surface area contributed by atoms with E-state index in [-0.39, 0.29) is 0 Å². The van der Waals surface area contributed by atoms with Crippen LogP contribution in [-0.2, 0) is 29.2 Å². The van der Waals surface area contributed by atoms with Crippen LogP contribution >= 0.6 is 0 Å². The normalized spacial score (nSPS) is 22.4. The molecule has 2 atom stereocenters. The first-order chi connectivity index (χ1) is 20.3. The Morgan fingerprint density at radius 2 is 1.17 bits per heavy atom. The van der Waals surface area contributed by atoms with Gasteiger partial charge >= 0.3 is 11.9 Å². The predicted octanol–water partition coefficient (Wildman–Crippen LogP) is 0.965. The van der Waals surface area contributed by atoms with Gasteiger partial charge in [0, 0.05) is 65.4 Å². The van der Waals surface area contributed by atoms with Gasteiger partial charge in [-0.1, -0.05) is 17.3 Å². The lowest BCUT2D eigenvalue weighted by Gasteiger charge is -2.36. The van der Waals surface area contributed by atoms with Crippen LogP contribution in [0.25, 0.3) is 11.4 Å². The number of hydrogen-bond donors (Lipinski definition) is 2. The van der Waals surface area contributed by atoms with Gasteiger partial charge in [-0.25, -0.2) is 9.67 Å². The summed E-state index contributed by atoms with van der Waals surface area (Å²) in [7, 11) is 0. The van der Waals surface area contributed by atoms with Gasteiger partial charge in [0.25, 0.3) is 0 Å². The van der Waals surface area contributed by atoms with Crippen molar-refractivity contribution in [2.24, 2.45) is 0 Å². The van der Waals surface area contributed by atoms with E-state index in [1.165, 1.54) is 0 Å². The van der Waals surface area contributed by atoms with Gasteiger partial charge < -0.3 is 10.2 Å². The molecule has 42 heavy (non-hydrogen) atoms. The van der Waals surface area contributed by atoms with E-state index in [1.54, 1.807) is 20.0 Å². The molecule has 6 bridgehead atoms. The SMILES string of the molecule is C[C@H](C(=O)O)N1CCN2CCN([C@H](C)C(=O)O)CCN(CC1)Cc1cccc(n1)-c1cnnn1Cc1cccc(n1)C2. The van der Waals surface area contributed by atoms with Gasteiger partial charge in [-0.2, -0.15) is 0 Å². The summed E-state index contributed by atoms with van der Waals surface area (Å²) in [6.07, 6.45) is 1.71. The van der Waals surface area contributed by atoms with Crippen molar-refractivity contribution in [2.75, 3.05) is 52.4 Å². The molecule has 0 amide bonds. The molecule has 6 rings (SSSR count). The van der Waals surface area contributed by atoms with Crippen molar-refractivity contribution in [1.82, 2.24) is 44.6 Å². The van der Waals surface area contributed by atoms with Gasteiger partial charge in [-0.05, 0) is 38.1 Å². The second-order valence-electron chi connectivity index (χ2n) is 11.1. The van der Waals surface area contributed by atoms with Crippen molar-refractivity contribution >= 4 is 11.9 Å². The van der Waals surface area contributed by atoms with Crippen LogP contribution in [0.4, 0.5) is 0 Å². The Kier molecular flexibility index (Phi) is 9.52. The highest BCUT2D eigenvalue weighted by atomic mass is 16.4. The van der Waals surface area contributed by atoms with E-state index < -0.39 is 24.0 Å².